The van der Waals surface area contributed by atoms with Crippen LogP contribution in [0.3, 0.4) is 0 Å². The molecule has 1 saturated heterocycles. The van der Waals surface area contributed by atoms with E-state index in [-0.39, 0.29) is 36.2 Å². The van der Waals surface area contributed by atoms with Crippen LogP contribution in [-0.4, -0.2) is 50.1 Å². The third-order valence-electron chi connectivity index (χ3n) is 7.62. The van der Waals surface area contributed by atoms with Gasteiger partial charge in [0.25, 0.3) is 5.91 Å². The number of pyridine rings is 1. The molecular weight excluding hydrogens is 506 g/mol. The van der Waals surface area contributed by atoms with Crippen LogP contribution in [0.1, 0.15) is 37.5 Å². The normalized spacial score (nSPS) is 18.3. The molecule has 1 fully saturated rings. The smallest absolute Gasteiger partial charge is 0.341 e. The van der Waals surface area contributed by atoms with Gasteiger partial charge in [0, 0.05) is 19.3 Å². The summed E-state index contributed by atoms with van der Waals surface area (Å²) in [5.74, 6) is -1.90. The van der Waals surface area contributed by atoms with Gasteiger partial charge in [0.2, 0.25) is 5.43 Å². The van der Waals surface area contributed by atoms with Crippen LogP contribution in [0.5, 0.6) is 5.75 Å². The summed E-state index contributed by atoms with van der Waals surface area (Å²) in [6.45, 7) is 1.64. The van der Waals surface area contributed by atoms with E-state index in [9.17, 15) is 19.5 Å². The van der Waals surface area contributed by atoms with Crippen molar-refractivity contribution in [2.75, 3.05) is 6.54 Å². The highest BCUT2D eigenvalue weighted by molar-refractivity contribution is 5.98. The lowest BCUT2D eigenvalue weighted by Crippen LogP contribution is -2.52. The SMILES string of the molecule is O=C(O)c1cn2c(c(OCc3ccccc3)c1=O)C(=O)N1C(C2)N(Cc2ccccc2)C[C@@H]1Cc1ccccc1. The lowest BCUT2D eigenvalue weighted by Gasteiger charge is -2.38. The summed E-state index contributed by atoms with van der Waals surface area (Å²) in [4.78, 5) is 43.7. The third kappa shape index (κ3) is 4.89. The molecular formula is C32H29N3O5. The first-order valence-corrected chi connectivity index (χ1v) is 13.3. The number of fused-ring (bicyclic) bond motifs is 2. The third-order valence-corrected chi connectivity index (χ3v) is 7.62. The van der Waals surface area contributed by atoms with Gasteiger partial charge in [-0.05, 0) is 23.1 Å². The quantitative estimate of drug-likeness (QED) is 0.366. The van der Waals surface area contributed by atoms with Gasteiger partial charge in [0.15, 0.2) is 11.4 Å². The van der Waals surface area contributed by atoms with Crippen LogP contribution in [0.25, 0.3) is 0 Å². The van der Waals surface area contributed by atoms with Crippen molar-refractivity contribution in [1.29, 1.82) is 0 Å². The van der Waals surface area contributed by atoms with Crippen LogP contribution < -0.4 is 10.2 Å². The number of rotatable bonds is 8. The number of nitrogens with zero attached hydrogens (tertiary/aromatic N) is 3. The second kappa shape index (κ2) is 10.8. The summed E-state index contributed by atoms with van der Waals surface area (Å²) in [6.07, 6.45) is 1.64. The molecule has 0 radical (unpaired) electrons. The molecule has 0 aliphatic carbocycles. The predicted molar refractivity (Wildman–Crippen MR) is 149 cm³/mol. The number of hydrogen-bond acceptors (Lipinski definition) is 5. The Morgan fingerprint density at radius 2 is 1.43 bits per heavy atom. The van der Waals surface area contributed by atoms with Crippen LogP contribution in [-0.2, 0) is 26.1 Å². The van der Waals surface area contributed by atoms with Gasteiger partial charge >= 0.3 is 5.97 Å². The summed E-state index contributed by atoms with van der Waals surface area (Å²) in [6, 6.07) is 29.2. The zero-order chi connectivity index (χ0) is 27.6. The van der Waals surface area contributed by atoms with Crippen molar-refractivity contribution in [3.8, 4) is 5.75 Å². The zero-order valence-electron chi connectivity index (χ0n) is 21.8. The zero-order valence-corrected chi connectivity index (χ0v) is 21.8. The maximum Gasteiger partial charge on any atom is 0.341 e. The minimum Gasteiger partial charge on any atom is -0.483 e. The summed E-state index contributed by atoms with van der Waals surface area (Å²) in [5, 5.41) is 9.81. The number of aromatic carboxylic acids is 1. The number of carbonyl (C=O) groups is 2. The second-order valence-electron chi connectivity index (χ2n) is 10.2. The molecule has 40 heavy (non-hydrogen) atoms. The molecule has 2 aliphatic heterocycles. The Labute approximate surface area is 231 Å². The van der Waals surface area contributed by atoms with Crippen molar-refractivity contribution in [1.82, 2.24) is 14.4 Å². The number of aromatic nitrogens is 1. The molecule has 1 amide bonds. The first-order chi connectivity index (χ1) is 19.5. The van der Waals surface area contributed by atoms with Crippen LogP contribution in [0.15, 0.2) is 102 Å². The molecule has 0 bridgehead atoms. The molecule has 8 nitrogen and oxygen atoms in total. The summed E-state index contributed by atoms with van der Waals surface area (Å²) < 4.78 is 7.54. The van der Waals surface area contributed by atoms with E-state index in [2.05, 4.69) is 29.2 Å². The maximum absolute atomic E-state index is 14.3. The van der Waals surface area contributed by atoms with Gasteiger partial charge < -0.3 is 19.3 Å². The molecule has 4 aromatic rings. The monoisotopic (exact) mass is 535 g/mol. The van der Waals surface area contributed by atoms with E-state index in [1.165, 1.54) is 6.20 Å². The van der Waals surface area contributed by atoms with Crippen molar-refractivity contribution < 1.29 is 19.4 Å². The Kier molecular flexibility index (Phi) is 6.92. The van der Waals surface area contributed by atoms with Crippen molar-refractivity contribution in [3.63, 3.8) is 0 Å². The van der Waals surface area contributed by atoms with Gasteiger partial charge in [-0.2, -0.15) is 0 Å². The average molecular weight is 536 g/mol. The molecule has 1 aromatic heterocycles. The van der Waals surface area contributed by atoms with Gasteiger partial charge in [-0.25, -0.2) is 4.79 Å². The Balaban J connectivity index is 1.41. The molecule has 6 rings (SSSR count). The molecule has 8 heteroatoms. The standard InChI is InChI=1S/C32H29N3O5/c36-29-26(32(38)39)19-34-20-27-33(17-23-12-6-2-7-13-23)18-25(16-22-10-4-1-5-11-22)35(27)31(37)28(34)30(29)40-21-24-14-8-3-9-15-24/h1-15,19,25,27H,16-18,20-21H2,(H,38,39)/t25-,27?/m0/s1. The number of amides is 1. The number of ether oxygens (including phenoxy) is 1. The molecule has 0 saturated carbocycles. The largest absolute Gasteiger partial charge is 0.483 e. The van der Waals surface area contributed by atoms with E-state index in [1.54, 1.807) is 4.57 Å². The molecule has 1 unspecified atom stereocenters. The maximum atomic E-state index is 14.3. The highest BCUT2D eigenvalue weighted by atomic mass is 16.5. The van der Waals surface area contributed by atoms with Crippen LogP contribution >= 0.6 is 0 Å². The predicted octanol–water partition coefficient (Wildman–Crippen LogP) is 4.03. The van der Waals surface area contributed by atoms with Gasteiger partial charge in [-0.3, -0.25) is 14.5 Å². The first-order valence-electron chi connectivity index (χ1n) is 13.3. The lowest BCUT2D eigenvalue weighted by atomic mass is 10.0. The number of benzene rings is 3. The van der Waals surface area contributed by atoms with Crippen molar-refractivity contribution in [3.05, 3.63) is 135 Å². The highest BCUT2D eigenvalue weighted by Crippen LogP contribution is 2.34. The number of hydrogen-bond donors (Lipinski definition) is 1. The van der Waals surface area contributed by atoms with E-state index in [0.29, 0.717) is 26.1 Å². The van der Waals surface area contributed by atoms with Gasteiger partial charge in [-0.1, -0.05) is 91.0 Å². The number of carbonyl (C=O) groups excluding carboxylic acids is 1. The van der Waals surface area contributed by atoms with Crippen LogP contribution in [0.2, 0.25) is 0 Å². The molecule has 0 spiro atoms. The molecule has 202 valence electrons. The second-order valence-corrected chi connectivity index (χ2v) is 10.2. The Bertz CT molecular complexity index is 1590. The molecule has 3 aromatic carbocycles. The highest BCUT2D eigenvalue weighted by Gasteiger charge is 2.47. The lowest BCUT2D eigenvalue weighted by molar-refractivity contribution is 0.0424. The van der Waals surface area contributed by atoms with E-state index < -0.39 is 17.0 Å². The first kappa shape index (κ1) is 25.6. The Morgan fingerprint density at radius 3 is 2.05 bits per heavy atom. The van der Waals surface area contributed by atoms with Crippen molar-refractivity contribution in [2.45, 2.75) is 38.3 Å². The average Bonchev–Trinajstić information content (AvgIpc) is 3.30. The topological polar surface area (TPSA) is 92.1 Å². The van der Waals surface area contributed by atoms with Gasteiger partial charge in [-0.15, -0.1) is 0 Å². The van der Waals surface area contributed by atoms with Crippen molar-refractivity contribution in [2.24, 2.45) is 0 Å². The van der Waals surface area contributed by atoms with Crippen LogP contribution in [0.4, 0.5) is 0 Å². The Hall–Kier alpha value is -4.69. The van der Waals surface area contributed by atoms with E-state index >= 15 is 0 Å². The molecule has 1 N–H and O–H groups in total. The fraction of sp³-hybridized carbons (Fsp3) is 0.219. The molecule has 2 aliphatic rings. The minimum atomic E-state index is -1.35. The van der Waals surface area contributed by atoms with Gasteiger partial charge in [0.1, 0.15) is 18.3 Å². The molecule has 2 atom stereocenters. The summed E-state index contributed by atoms with van der Waals surface area (Å²) >= 11 is 0. The summed E-state index contributed by atoms with van der Waals surface area (Å²) in [5.41, 5.74) is 1.94. The molecule has 3 heterocycles. The fourth-order valence-corrected chi connectivity index (χ4v) is 5.76. The van der Waals surface area contributed by atoms with Crippen LogP contribution in [0, 0.1) is 0 Å². The summed E-state index contributed by atoms with van der Waals surface area (Å²) in [7, 11) is 0. The fourth-order valence-electron chi connectivity index (χ4n) is 5.76. The minimum absolute atomic E-state index is 0.0381. The number of carboxylic acid groups (broad SMARTS) is 1. The Morgan fingerprint density at radius 1 is 0.825 bits per heavy atom. The van der Waals surface area contributed by atoms with E-state index in [1.807, 2.05) is 71.6 Å². The van der Waals surface area contributed by atoms with Gasteiger partial charge in [0.05, 0.1) is 12.6 Å². The van der Waals surface area contributed by atoms with E-state index in [0.717, 1.165) is 16.7 Å². The van der Waals surface area contributed by atoms with Crippen molar-refractivity contribution >= 4 is 11.9 Å². The number of carboxylic acids is 1. The van der Waals surface area contributed by atoms with E-state index in [4.69, 9.17) is 4.74 Å².